The molecule has 5 N–H and O–H groups in total. The van der Waals surface area contributed by atoms with Crippen LogP contribution in [0.5, 0.6) is 11.5 Å². The van der Waals surface area contributed by atoms with E-state index >= 15 is 0 Å². The number of fused-ring (bicyclic) bond motifs is 1. The van der Waals surface area contributed by atoms with E-state index < -0.39 is 0 Å². The fourth-order valence-corrected chi connectivity index (χ4v) is 2.31. The van der Waals surface area contributed by atoms with Gasteiger partial charge in [-0.15, -0.1) is 0 Å². The Bertz CT molecular complexity index is 1010. The van der Waals surface area contributed by atoms with Crippen LogP contribution in [-0.4, -0.2) is 21.0 Å². The maximum Gasteiger partial charge on any atom is 0.148 e. The van der Waals surface area contributed by atoms with Crippen molar-refractivity contribution in [3.8, 4) is 17.6 Å². The highest BCUT2D eigenvalue weighted by atomic mass is 16.3. The number of aliphatic imine (C=N–C) groups is 1. The van der Waals surface area contributed by atoms with E-state index in [9.17, 15) is 15.5 Å². The van der Waals surface area contributed by atoms with Gasteiger partial charge in [-0.25, -0.2) is 4.99 Å². The minimum Gasteiger partial charge on any atom is -0.506 e. The summed E-state index contributed by atoms with van der Waals surface area (Å²) in [5.74, 6) is -0.0584. The number of aromatic nitrogens is 1. The number of hydrogen-bond acceptors (Lipinski definition) is 4. The number of nitrogens with two attached hydrogens (primary N) is 1. The predicted octanol–water partition coefficient (Wildman–Crippen LogP) is 3.17. The molecule has 0 aliphatic heterocycles. The number of hydrogen-bond donors (Lipinski definition) is 4. The number of nitriles is 1. The molecular weight excluding hydrogens is 304 g/mol. The van der Waals surface area contributed by atoms with Gasteiger partial charge in [0.2, 0.25) is 0 Å². The fraction of sp³-hybridized carbons (Fsp3) is 0. The van der Waals surface area contributed by atoms with Crippen molar-refractivity contribution in [2.45, 2.75) is 0 Å². The number of benzene rings is 2. The zero-order valence-corrected chi connectivity index (χ0v) is 12.6. The number of aromatic amines is 1. The Kier molecular flexibility index (Phi) is 3.91. The SMILES string of the molecule is N#C/C(=C\c1[nH]c2ccccc2c1O)C(N)=Nc1ccccc1O. The van der Waals surface area contributed by atoms with Crippen LogP contribution >= 0.6 is 0 Å². The van der Waals surface area contributed by atoms with Crippen LogP contribution in [0.15, 0.2) is 59.1 Å². The third-order valence-electron chi connectivity index (χ3n) is 3.51. The first-order valence-electron chi connectivity index (χ1n) is 7.14. The van der Waals surface area contributed by atoms with Crippen molar-refractivity contribution in [1.82, 2.24) is 4.98 Å². The molecule has 3 rings (SSSR count). The molecule has 0 unspecified atom stereocenters. The molecule has 3 aromatic rings. The van der Waals surface area contributed by atoms with Crippen molar-refractivity contribution in [1.29, 1.82) is 5.26 Å². The average molecular weight is 318 g/mol. The van der Waals surface area contributed by atoms with Crippen molar-refractivity contribution in [2.24, 2.45) is 10.7 Å². The largest absolute Gasteiger partial charge is 0.506 e. The average Bonchev–Trinajstić information content (AvgIpc) is 2.91. The van der Waals surface area contributed by atoms with Gasteiger partial charge < -0.3 is 20.9 Å². The molecule has 0 fully saturated rings. The molecule has 118 valence electrons. The van der Waals surface area contributed by atoms with Crippen LogP contribution in [0.3, 0.4) is 0 Å². The van der Waals surface area contributed by atoms with Crippen LogP contribution in [0.4, 0.5) is 5.69 Å². The lowest BCUT2D eigenvalue weighted by Crippen LogP contribution is -2.13. The number of phenolic OH excluding ortho intramolecular Hbond substituents is 1. The van der Waals surface area contributed by atoms with Crippen molar-refractivity contribution in [2.75, 3.05) is 0 Å². The van der Waals surface area contributed by atoms with Gasteiger partial charge in [0.25, 0.3) is 0 Å². The molecule has 0 saturated heterocycles. The van der Waals surface area contributed by atoms with Gasteiger partial charge in [0.05, 0.1) is 11.3 Å². The summed E-state index contributed by atoms with van der Waals surface area (Å²) in [5.41, 5.74) is 7.31. The van der Waals surface area contributed by atoms with Gasteiger partial charge in [-0.3, -0.25) is 0 Å². The number of para-hydroxylation sites is 3. The standard InChI is InChI=1S/C18H14N4O2/c19-10-11(18(20)22-14-7-3-4-8-16(14)23)9-15-17(24)12-5-1-2-6-13(12)21-15/h1-9,21,23-24H,(H2,20,22)/b11-9+. The highest BCUT2D eigenvalue weighted by Gasteiger charge is 2.11. The second kappa shape index (κ2) is 6.18. The smallest absolute Gasteiger partial charge is 0.148 e. The fourth-order valence-electron chi connectivity index (χ4n) is 2.31. The summed E-state index contributed by atoms with van der Waals surface area (Å²) in [4.78, 5) is 7.09. The van der Waals surface area contributed by atoms with E-state index in [1.54, 1.807) is 24.3 Å². The summed E-state index contributed by atoms with van der Waals surface area (Å²) in [7, 11) is 0. The molecule has 6 nitrogen and oxygen atoms in total. The monoisotopic (exact) mass is 318 g/mol. The first kappa shape index (κ1) is 15.2. The van der Waals surface area contributed by atoms with Gasteiger partial charge in [0, 0.05) is 10.9 Å². The zero-order chi connectivity index (χ0) is 17.1. The molecule has 0 bridgehead atoms. The van der Waals surface area contributed by atoms with Gasteiger partial charge in [0.15, 0.2) is 0 Å². The Morgan fingerprint density at radius 3 is 2.54 bits per heavy atom. The summed E-state index contributed by atoms with van der Waals surface area (Å²) in [5, 5.41) is 30.0. The molecule has 0 radical (unpaired) electrons. The van der Waals surface area contributed by atoms with Crippen LogP contribution < -0.4 is 5.73 Å². The summed E-state index contributed by atoms with van der Waals surface area (Å²) in [6, 6.07) is 15.6. The Balaban J connectivity index is 2.04. The summed E-state index contributed by atoms with van der Waals surface area (Å²) >= 11 is 0. The van der Waals surface area contributed by atoms with Crippen LogP contribution in [0, 0.1) is 11.3 Å². The van der Waals surface area contributed by atoms with Crippen LogP contribution in [-0.2, 0) is 0 Å². The van der Waals surface area contributed by atoms with Gasteiger partial charge >= 0.3 is 0 Å². The number of amidine groups is 1. The summed E-state index contributed by atoms with van der Waals surface area (Å²) in [6.45, 7) is 0. The number of aromatic hydroxyl groups is 2. The van der Waals surface area contributed by atoms with Crippen molar-refractivity contribution in [3.63, 3.8) is 0 Å². The Morgan fingerprint density at radius 2 is 1.83 bits per heavy atom. The molecular formula is C18H14N4O2. The second-order valence-electron chi connectivity index (χ2n) is 5.09. The maximum absolute atomic E-state index is 10.2. The molecule has 24 heavy (non-hydrogen) atoms. The zero-order valence-electron chi connectivity index (χ0n) is 12.6. The normalized spacial score (nSPS) is 12.3. The highest BCUT2D eigenvalue weighted by Crippen LogP contribution is 2.30. The van der Waals surface area contributed by atoms with E-state index in [0.717, 1.165) is 5.52 Å². The van der Waals surface area contributed by atoms with E-state index in [-0.39, 0.29) is 28.6 Å². The number of phenols is 1. The molecule has 0 saturated carbocycles. The Hall–Kier alpha value is -3.72. The third kappa shape index (κ3) is 2.78. The Morgan fingerprint density at radius 1 is 1.12 bits per heavy atom. The second-order valence-corrected chi connectivity index (χ2v) is 5.09. The molecule has 0 aliphatic rings. The van der Waals surface area contributed by atoms with E-state index in [0.29, 0.717) is 11.1 Å². The minimum absolute atomic E-state index is 0.0358. The van der Waals surface area contributed by atoms with Crippen LogP contribution in [0.25, 0.3) is 17.0 Å². The van der Waals surface area contributed by atoms with Crippen LogP contribution in [0.1, 0.15) is 5.69 Å². The van der Waals surface area contributed by atoms with E-state index in [1.165, 1.54) is 12.1 Å². The third-order valence-corrected chi connectivity index (χ3v) is 3.51. The first-order valence-corrected chi connectivity index (χ1v) is 7.14. The number of H-pyrrole nitrogens is 1. The molecule has 1 aromatic heterocycles. The molecule has 6 heteroatoms. The van der Waals surface area contributed by atoms with E-state index in [2.05, 4.69) is 9.98 Å². The lowest BCUT2D eigenvalue weighted by atomic mass is 10.2. The van der Waals surface area contributed by atoms with Gasteiger partial charge in [-0.2, -0.15) is 5.26 Å². The molecule has 1 heterocycles. The lowest BCUT2D eigenvalue weighted by Gasteiger charge is -2.01. The van der Waals surface area contributed by atoms with Gasteiger partial charge in [-0.1, -0.05) is 24.3 Å². The van der Waals surface area contributed by atoms with E-state index in [4.69, 9.17) is 5.73 Å². The number of rotatable bonds is 3. The van der Waals surface area contributed by atoms with Gasteiger partial charge in [0.1, 0.15) is 29.1 Å². The maximum atomic E-state index is 10.2. The summed E-state index contributed by atoms with van der Waals surface area (Å²) < 4.78 is 0. The quantitative estimate of drug-likeness (QED) is 0.337. The topological polar surface area (TPSA) is 118 Å². The molecule has 0 amide bonds. The number of nitrogens with zero attached hydrogens (tertiary/aromatic N) is 2. The number of nitrogens with one attached hydrogen (secondary N) is 1. The Labute approximate surface area is 137 Å². The predicted molar refractivity (Wildman–Crippen MR) is 92.9 cm³/mol. The first-order chi connectivity index (χ1) is 11.6. The molecule has 0 aliphatic carbocycles. The highest BCUT2D eigenvalue weighted by molar-refractivity contribution is 6.06. The molecule has 0 spiro atoms. The van der Waals surface area contributed by atoms with Gasteiger partial charge in [-0.05, 0) is 30.3 Å². The van der Waals surface area contributed by atoms with Crippen molar-refractivity contribution in [3.05, 3.63) is 59.8 Å². The minimum atomic E-state index is -0.0583. The van der Waals surface area contributed by atoms with Crippen molar-refractivity contribution >= 4 is 28.5 Å². The van der Waals surface area contributed by atoms with E-state index in [1.807, 2.05) is 24.3 Å². The van der Waals surface area contributed by atoms with Crippen LogP contribution in [0.2, 0.25) is 0 Å². The lowest BCUT2D eigenvalue weighted by molar-refractivity contribution is 0.477. The summed E-state index contributed by atoms with van der Waals surface area (Å²) in [6.07, 6.45) is 1.42. The van der Waals surface area contributed by atoms with Crippen molar-refractivity contribution < 1.29 is 10.2 Å². The molecule has 0 atom stereocenters. The molecule has 2 aromatic carbocycles.